The van der Waals surface area contributed by atoms with E-state index in [4.69, 9.17) is 14.2 Å². The summed E-state index contributed by atoms with van der Waals surface area (Å²) in [5.41, 5.74) is 2.70. The standard InChI is InChI=1S/C15H23NO3/c1-16-11-13-5-3-6-15(14(13)12-16)19-10-9-18-8-4-7-17-2/h3,5-6H,4,7-12H2,1-2H3. The lowest BCUT2D eigenvalue weighted by Crippen LogP contribution is -2.10. The molecule has 4 heteroatoms. The normalized spacial score (nSPS) is 14.6. The van der Waals surface area contributed by atoms with Gasteiger partial charge in [-0.05, 0) is 25.1 Å². The molecule has 0 aromatic heterocycles. The van der Waals surface area contributed by atoms with Gasteiger partial charge in [0.25, 0.3) is 0 Å². The Morgan fingerprint density at radius 3 is 2.84 bits per heavy atom. The first kappa shape index (κ1) is 14.3. The molecule has 1 aliphatic heterocycles. The Bertz CT molecular complexity index is 395. The molecule has 2 rings (SSSR count). The summed E-state index contributed by atoms with van der Waals surface area (Å²) in [6, 6.07) is 6.28. The van der Waals surface area contributed by atoms with Crippen molar-refractivity contribution in [2.75, 3.05) is 40.6 Å². The Kier molecular flexibility index (Phi) is 5.63. The third-order valence-electron chi connectivity index (χ3n) is 3.22. The fourth-order valence-electron chi connectivity index (χ4n) is 2.31. The molecule has 19 heavy (non-hydrogen) atoms. The van der Waals surface area contributed by atoms with Crippen molar-refractivity contribution >= 4 is 0 Å². The lowest BCUT2D eigenvalue weighted by molar-refractivity contribution is 0.0803. The Hall–Kier alpha value is -1.10. The van der Waals surface area contributed by atoms with E-state index in [0.29, 0.717) is 13.2 Å². The highest BCUT2D eigenvalue weighted by atomic mass is 16.5. The van der Waals surface area contributed by atoms with Gasteiger partial charge in [-0.1, -0.05) is 12.1 Å². The Morgan fingerprint density at radius 2 is 2.00 bits per heavy atom. The average Bonchev–Trinajstić information content (AvgIpc) is 2.78. The van der Waals surface area contributed by atoms with Gasteiger partial charge in [0.1, 0.15) is 12.4 Å². The molecule has 0 saturated heterocycles. The van der Waals surface area contributed by atoms with Crippen LogP contribution in [0.3, 0.4) is 0 Å². The van der Waals surface area contributed by atoms with Crippen LogP contribution in [0.2, 0.25) is 0 Å². The second-order valence-corrected chi connectivity index (χ2v) is 4.87. The fourth-order valence-corrected chi connectivity index (χ4v) is 2.31. The van der Waals surface area contributed by atoms with E-state index < -0.39 is 0 Å². The molecular weight excluding hydrogens is 242 g/mol. The molecule has 0 radical (unpaired) electrons. The van der Waals surface area contributed by atoms with Crippen LogP contribution in [0, 0.1) is 0 Å². The Morgan fingerprint density at radius 1 is 1.11 bits per heavy atom. The first-order chi connectivity index (χ1) is 9.31. The summed E-state index contributed by atoms with van der Waals surface area (Å²) in [4.78, 5) is 2.29. The quantitative estimate of drug-likeness (QED) is 0.673. The molecule has 1 aromatic rings. The minimum Gasteiger partial charge on any atom is -0.491 e. The van der Waals surface area contributed by atoms with Crippen molar-refractivity contribution in [2.24, 2.45) is 0 Å². The summed E-state index contributed by atoms with van der Waals surface area (Å²) in [5.74, 6) is 1.00. The van der Waals surface area contributed by atoms with Crippen LogP contribution in [-0.4, -0.2) is 45.5 Å². The summed E-state index contributed by atoms with van der Waals surface area (Å²) in [6.07, 6.45) is 0.933. The monoisotopic (exact) mass is 265 g/mol. The van der Waals surface area contributed by atoms with Crippen LogP contribution in [-0.2, 0) is 22.6 Å². The zero-order chi connectivity index (χ0) is 13.5. The molecular formula is C15H23NO3. The SMILES string of the molecule is COCCCOCCOc1cccc2c1CN(C)C2. The number of hydrogen-bond donors (Lipinski definition) is 0. The van der Waals surface area contributed by atoms with Crippen molar-refractivity contribution in [1.29, 1.82) is 0 Å². The largest absolute Gasteiger partial charge is 0.491 e. The molecule has 0 spiro atoms. The number of nitrogens with zero attached hydrogens (tertiary/aromatic N) is 1. The van der Waals surface area contributed by atoms with Crippen molar-refractivity contribution < 1.29 is 14.2 Å². The van der Waals surface area contributed by atoms with E-state index in [9.17, 15) is 0 Å². The van der Waals surface area contributed by atoms with Crippen LogP contribution in [0.15, 0.2) is 18.2 Å². The molecule has 106 valence electrons. The highest BCUT2D eigenvalue weighted by Gasteiger charge is 2.18. The summed E-state index contributed by atoms with van der Waals surface area (Å²) in [7, 11) is 3.83. The summed E-state index contributed by atoms with van der Waals surface area (Å²) in [5, 5.41) is 0. The minimum atomic E-state index is 0.604. The van der Waals surface area contributed by atoms with Crippen LogP contribution < -0.4 is 4.74 Å². The second-order valence-electron chi connectivity index (χ2n) is 4.87. The van der Waals surface area contributed by atoms with Crippen LogP contribution >= 0.6 is 0 Å². The molecule has 0 unspecified atom stereocenters. The molecule has 4 nitrogen and oxygen atoms in total. The smallest absolute Gasteiger partial charge is 0.124 e. The number of ether oxygens (including phenoxy) is 3. The number of hydrogen-bond acceptors (Lipinski definition) is 4. The molecule has 1 aliphatic rings. The van der Waals surface area contributed by atoms with Gasteiger partial charge in [-0.2, -0.15) is 0 Å². The molecule has 0 saturated carbocycles. The zero-order valence-electron chi connectivity index (χ0n) is 11.9. The molecule has 0 aliphatic carbocycles. The van der Waals surface area contributed by atoms with E-state index in [0.717, 1.165) is 38.5 Å². The lowest BCUT2D eigenvalue weighted by atomic mass is 10.1. The fraction of sp³-hybridized carbons (Fsp3) is 0.600. The predicted molar refractivity (Wildman–Crippen MR) is 74.4 cm³/mol. The molecule has 0 atom stereocenters. The molecule has 0 amide bonds. The van der Waals surface area contributed by atoms with Crippen molar-refractivity contribution in [3.8, 4) is 5.75 Å². The van der Waals surface area contributed by atoms with Crippen LogP contribution in [0.25, 0.3) is 0 Å². The topological polar surface area (TPSA) is 30.9 Å². The Labute approximate surface area is 115 Å². The van der Waals surface area contributed by atoms with Gasteiger partial charge in [0.15, 0.2) is 0 Å². The minimum absolute atomic E-state index is 0.604. The van der Waals surface area contributed by atoms with E-state index in [-0.39, 0.29) is 0 Å². The lowest BCUT2D eigenvalue weighted by Gasteiger charge is -2.11. The van der Waals surface area contributed by atoms with Gasteiger partial charge in [-0.25, -0.2) is 0 Å². The molecule has 0 bridgehead atoms. The van der Waals surface area contributed by atoms with E-state index in [1.54, 1.807) is 7.11 Å². The highest BCUT2D eigenvalue weighted by molar-refractivity contribution is 5.42. The zero-order valence-corrected chi connectivity index (χ0v) is 11.9. The summed E-state index contributed by atoms with van der Waals surface area (Å²) in [6.45, 7) is 4.70. The van der Waals surface area contributed by atoms with E-state index in [2.05, 4.69) is 24.1 Å². The summed E-state index contributed by atoms with van der Waals surface area (Å²) >= 11 is 0. The third kappa shape index (κ3) is 4.20. The molecule has 0 N–H and O–H groups in total. The van der Waals surface area contributed by atoms with Gasteiger partial charge in [-0.3, -0.25) is 4.90 Å². The van der Waals surface area contributed by atoms with Crippen molar-refractivity contribution in [1.82, 2.24) is 4.90 Å². The number of methoxy groups -OCH3 is 1. The van der Waals surface area contributed by atoms with Crippen LogP contribution in [0.1, 0.15) is 17.5 Å². The predicted octanol–water partition coefficient (Wildman–Crippen LogP) is 2.06. The summed E-state index contributed by atoms with van der Waals surface area (Å²) < 4.78 is 16.3. The number of rotatable bonds is 8. The number of benzene rings is 1. The van der Waals surface area contributed by atoms with Crippen molar-refractivity contribution in [3.05, 3.63) is 29.3 Å². The third-order valence-corrected chi connectivity index (χ3v) is 3.22. The molecule has 1 heterocycles. The molecule has 0 fully saturated rings. The maximum Gasteiger partial charge on any atom is 0.124 e. The van der Waals surface area contributed by atoms with E-state index >= 15 is 0 Å². The van der Waals surface area contributed by atoms with Crippen LogP contribution in [0.4, 0.5) is 0 Å². The Balaban J connectivity index is 1.71. The number of fused-ring (bicyclic) bond motifs is 1. The van der Waals surface area contributed by atoms with Gasteiger partial charge in [0.2, 0.25) is 0 Å². The van der Waals surface area contributed by atoms with Gasteiger partial charge in [-0.15, -0.1) is 0 Å². The maximum absolute atomic E-state index is 5.82. The van der Waals surface area contributed by atoms with Crippen molar-refractivity contribution in [2.45, 2.75) is 19.5 Å². The van der Waals surface area contributed by atoms with Gasteiger partial charge in [0.05, 0.1) is 6.61 Å². The van der Waals surface area contributed by atoms with E-state index in [1.165, 1.54) is 11.1 Å². The maximum atomic E-state index is 5.82. The highest BCUT2D eigenvalue weighted by Crippen LogP contribution is 2.29. The van der Waals surface area contributed by atoms with Gasteiger partial charge in [0, 0.05) is 39.0 Å². The second kappa shape index (κ2) is 7.48. The van der Waals surface area contributed by atoms with Crippen molar-refractivity contribution in [3.63, 3.8) is 0 Å². The first-order valence-electron chi connectivity index (χ1n) is 6.80. The van der Waals surface area contributed by atoms with Gasteiger partial charge >= 0.3 is 0 Å². The average molecular weight is 265 g/mol. The van der Waals surface area contributed by atoms with E-state index in [1.807, 2.05) is 6.07 Å². The first-order valence-corrected chi connectivity index (χ1v) is 6.80. The van der Waals surface area contributed by atoms with Crippen LogP contribution in [0.5, 0.6) is 5.75 Å². The van der Waals surface area contributed by atoms with Gasteiger partial charge < -0.3 is 14.2 Å². The molecule has 1 aromatic carbocycles.